The van der Waals surface area contributed by atoms with E-state index in [1.807, 2.05) is 71.9 Å². The first-order chi connectivity index (χ1) is 18.3. The lowest BCUT2D eigenvalue weighted by molar-refractivity contribution is -0.139. The fraction of sp³-hybridized carbons (Fsp3) is 0.355. The van der Waals surface area contributed by atoms with Crippen LogP contribution in [0.4, 0.5) is 5.69 Å². The van der Waals surface area contributed by atoms with Gasteiger partial charge in [0.15, 0.2) is 0 Å². The minimum absolute atomic E-state index is 0.0924. The number of hydrogen-bond acceptors (Lipinski definition) is 4. The molecule has 0 aliphatic heterocycles. The van der Waals surface area contributed by atoms with E-state index in [1.54, 1.807) is 43.3 Å². The molecule has 0 spiro atoms. The van der Waals surface area contributed by atoms with Crippen LogP contribution in [-0.2, 0) is 26.2 Å². The minimum Gasteiger partial charge on any atom is -0.352 e. The molecular formula is C31H39N3O4S. The predicted molar refractivity (Wildman–Crippen MR) is 156 cm³/mol. The highest BCUT2D eigenvalue weighted by Gasteiger charge is 2.32. The zero-order chi connectivity index (χ0) is 28.9. The Morgan fingerprint density at radius 3 is 1.90 bits per heavy atom. The van der Waals surface area contributed by atoms with Gasteiger partial charge in [-0.1, -0.05) is 53.6 Å². The minimum atomic E-state index is -4.09. The maximum absolute atomic E-state index is 14.0. The molecule has 0 fully saturated rings. The number of amides is 2. The van der Waals surface area contributed by atoms with E-state index in [4.69, 9.17) is 0 Å². The molecule has 0 radical (unpaired) electrons. The molecule has 7 nitrogen and oxygen atoms in total. The average molecular weight is 550 g/mol. The van der Waals surface area contributed by atoms with Crippen molar-refractivity contribution >= 4 is 27.5 Å². The van der Waals surface area contributed by atoms with Gasteiger partial charge in [0.25, 0.3) is 10.0 Å². The lowest BCUT2D eigenvalue weighted by atomic mass is 10.1. The van der Waals surface area contributed by atoms with Crippen molar-refractivity contribution in [1.29, 1.82) is 0 Å². The smallest absolute Gasteiger partial charge is 0.264 e. The third-order valence-corrected chi connectivity index (χ3v) is 8.53. The Labute approximate surface area is 232 Å². The molecule has 1 N–H and O–H groups in total. The number of anilines is 1. The second-order valence-corrected chi connectivity index (χ2v) is 12.3. The summed E-state index contributed by atoms with van der Waals surface area (Å²) in [6.45, 7) is 12.8. The van der Waals surface area contributed by atoms with Crippen molar-refractivity contribution in [1.82, 2.24) is 10.2 Å². The van der Waals surface area contributed by atoms with Gasteiger partial charge in [0.1, 0.15) is 12.6 Å². The number of hydrogen-bond donors (Lipinski definition) is 1. The first kappa shape index (κ1) is 29.9. The summed E-state index contributed by atoms with van der Waals surface area (Å²) in [7, 11) is -4.09. The van der Waals surface area contributed by atoms with Crippen molar-refractivity contribution in [2.75, 3.05) is 10.8 Å². The van der Waals surface area contributed by atoms with Crippen molar-refractivity contribution in [3.05, 3.63) is 94.5 Å². The summed E-state index contributed by atoms with van der Waals surface area (Å²) >= 11 is 0. The molecule has 3 aromatic carbocycles. The second-order valence-electron chi connectivity index (χ2n) is 10.4. The van der Waals surface area contributed by atoms with Gasteiger partial charge in [0, 0.05) is 12.6 Å². The van der Waals surface area contributed by atoms with Crippen LogP contribution in [0, 0.1) is 27.7 Å². The quantitative estimate of drug-likeness (QED) is 0.383. The zero-order valence-corrected chi connectivity index (χ0v) is 24.7. The molecule has 0 saturated carbocycles. The molecule has 0 heterocycles. The van der Waals surface area contributed by atoms with Crippen LogP contribution in [0.5, 0.6) is 0 Å². The summed E-state index contributed by atoms with van der Waals surface area (Å²) in [6.07, 6.45) is 0. The normalized spacial score (nSPS) is 12.2. The number of nitrogens with zero attached hydrogens (tertiary/aromatic N) is 2. The summed E-state index contributed by atoms with van der Waals surface area (Å²) in [5, 5.41) is 2.87. The summed E-state index contributed by atoms with van der Waals surface area (Å²) in [4.78, 5) is 28.5. The number of nitrogens with one attached hydrogen (secondary N) is 1. The van der Waals surface area contributed by atoms with E-state index < -0.39 is 28.5 Å². The Bertz CT molecular complexity index is 1420. The van der Waals surface area contributed by atoms with Crippen LogP contribution >= 0.6 is 0 Å². The van der Waals surface area contributed by atoms with Crippen LogP contribution < -0.4 is 9.62 Å². The lowest BCUT2D eigenvalue weighted by Crippen LogP contribution is -2.52. The fourth-order valence-corrected chi connectivity index (χ4v) is 5.53. The molecule has 0 aliphatic carbocycles. The van der Waals surface area contributed by atoms with Gasteiger partial charge >= 0.3 is 0 Å². The average Bonchev–Trinajstić information content (AvgIpc) is 2.88. The van der Waals surface area contributed by atoms with Crippen molar-refractivity contribution in [3.8, 4) is 0 Å². The molecule has 208 valence electrons. The topological polar surface area (TPSA) is 86.8 Å². The van der Waals surface area contributed by atoms with Crippen LogP contribution in [0.1, 0.15) is 48.6 Å². The highest BCUT2D eigenvalue weighted by Crippen LogP contribution is 2.27. The molecule has 0 aliphatic rings. The van der Waals surface area contributed by atoms with Gasteiger partial charge in [-0.25, -0.2) is 8.42 Å². The van der Waals surface area contributed by atoms with Gasteiger partial charge in [-0.3, -0.25) is 13.9 Å². The maximum atomic E-state index is 14.0. The molecule has 1 atom stereocenters. The van der Waals surface area contributed by atoms with Crippen LogP contribution in [0.3, 0.4) is 0 Å². The molecule has 3 rings (SSSR count). The standard InChI is InChI=1S/C31H39N3O4S/c1-21(2)32-31(36)26(7)33(19-27-13-8-22(3)9-14-27)30(35)20-34(28-15-12-24(5)25(6)18-28)39(37,38)29-16-10-23(4)11-17-29/h8-18,21,26H,19-20H2,1-7H3,(H,32,36). The van der Waals surface area contributed by atoms with Crippen LogP contribution in [0.25, 0.3) is 0 Å². The van der Waals surface area contributed by atoms with Gasteiger partial charge in [0.2, 0.25) is 11.8 Å². The van der Waals surface area contributed by atoms with Crippen LogP contribution in [-0.4, -0.2) is 43.8 Å². The molecule has 39 heavy (non-hydrogen) atoms. The van der Waals surface area contributed by atoms with Gasteiger partial charge in [-0.15, -0.1) is 0 Å². The number of carbonyl (C=O) groups excluding carboxylic acids is 2. The lowest BCUT2D eigenvalue weighted by Gasteiger charge is -2.32. The molecule has 0 bridgehead atoms. The van der Waals surface area contributed by atoms with Gasteiger partial charge in [-0.05, 0) is 89.4 Å². The third-order valence-electron chi connectivity index (χ3n) is 6.74. The Kier molecular flexibility index (Phi) is 9.56. The molecule has 8 heteroatoms. The second kappa shape index (κ2) is 12.5. The largest absolute Gasteiger partial charge is 0.352 e. The Hall–Kier alpha value is -3.65. The number of rotatable bonds is 10. The van der Waals surface area contributed by atoms with Gasteiger partial charge in [-0.2, -0.15) is 0 Å². The zero-order valence-electron chi connectivity index (χ0n) is 23.9. The number of carbonyl (C=O) groups is 2. The fourth-order valence-electron chi connectivity index (χ4n) is 4.12. The van der Waals surface area contributed by atoms with Crippen LogP contribution in [0.2, 0.25) is 0 Å². The Balaban J connectivity index is 2.05. The van der Waals surface area contributed by atoms with E-state index >= 15 is 0 Å². The van der Waals surface area contributed by atoms with Crippen LogP contribution in [0.15, 0.2) is 71.6 Å². The maximum Gasteiger partial charge on any atom is 0.264 e. The van der Waals surface area contributed by atoms with Crippen molar-refractivity contribution < 1.29 is 18.0 Å². The van der Waals surface area contributed by atoms with Crippen molar-refractivity contribution in [2.45, 2.75) is 72.0 Å². The van der Waals surface area contributed by atoms with Crippen molar-refractivity contribution in [2.24, 2.45) is 0 Å². The van der Waals surface area contributed by atoms with E-state index in [9.17, 15) is 18.0 Å². The molecule has 1 unspecified atom stereocenters. The Morgan fingerprint density at radius 2 is 1.36 bits per heavy atom. The molecule has 2 amide bonds. The number of sulfonamides is 1. The molecule has 3 aromatic rings. The third kappa shape index (κ3) is 7.47. The SMILES string of the molecule is Cc1ccc(CN(C(=O)CN(c2ccc(C)c(C)c2)S(=O)(=O)c2ccc(C)cc2)C(C)C(=O)NC(C)C)cc1. The molecular weight excluding hydrogens is 510 g/mol. The summed E-state index contributed by atoms with van der Waals surface area (Å²) in [6, 6.07) is 18.7. The first-order valence-corrected chi connectivity index (χ1v) is 14.6. The number of benzene rings is 3. The first-order valence-electron chi connectivity index (χ1n) is 13.1. The van der Waals surface area contributed by atoms with E-state index in [-0.39, 0.29) is 23.4 Å². The van der Waals surface area contributed by atoms with E-state index in [0.717, 1.165) is 32.1 Å². The highest BCUT2D eigenvalue weighted by atomic mass is 32.2. The molecule has 0 saturated heterocycles. The van der Waals surface area contributed by atoms with E-state index in [1.165, 1.54) is 4.90 Å². The summed E-state index contributed by atoms with van der Waals surface area (Å²) < 4.78 is 29.0. The van der Waals surface area contributed by atoms with Gasteiger partial charge < -0.3 is 10.2 Å². The highest BCUT2D eigenvalue weighted by molar-refractivity contribution is 7.92. The molecule has 0 aromatic heterocycles. The van der Waals surface area contributed by atoms with E-state index in [2.05, 4.69) is 5.32 Å². The van der Waals surface area contributed by atoms with Gasteiger partial charge in [0.05, 0.1) is 10.6 Å². The van der Waals surface area contributed by atoms with Crippen molar-refractivity contribution in [3.63, 3.8) is 0 Å². The summed E-state index contributed by atoms with van der Waals surface area (Å²) in [5.74, 6) is -0.777. The summed E-state index contributed by atoms with van der Waals surface area (Å²) in [5.41, 5.74) is 5.16. The van der Waals surface area contributed by atoms with E-state index in [0.29, 0.717) is 5.69 Å². The number of aryl methyl sites for hydroxylation is 4. The predicted octanol–water partition coefficient (Wildman–Crippen LogP) is 5.06. The Morgan fingerprint density at radius 1 is 0.795 bits per heavy atom. The monoisotopic (exact) mass is 549 g/mol.